The lowest BCUT2D eigenvalue weighted by molar-refractivity contribution is 0.597. The summed E-state index contributed by atoms with van der Waals surface area (Å²) in [5, 5.41) is 0. The van der Waals surface area contributed by atoms with E-state index in [1.54, 1.807) is 19.9 Å². The first-order chi connectivity index (χ1) is 7.25. The quantitative estimate of drug-likeness (QED) is 0.378. The van der Waals surface area contributed by atoms with E-state index in [9.17, 15) is 8.42 Å². The average molecular weight is 242 g/mol. The lowest BCUT2D eigenvalue weighted by Crippen LogP contribution is -2.24. The summed E-state index contributed by atoms with van der Waals surface area (Å²) in [7, 11) is -3.93. The summed E-state index contributed by atoms with van der Waals surface area (Å²) in [6.07, 6.45) is 0. The van der Waals surface area contributed by atoms with Crippen LogP contribution in [0.5, 0.6) is 0 Å². The molecule has 0 saturated carbocycles. The van der Waals surface area contributed by atoms with Gasteiger partial charge in [-0.3, -0.25) is 0 Å². The third-order valence-electron chi connectivity index (χ3n) is 2.19. The Morgan fingerprint density at radius 1 is 1.25 bits per heavy atom. The fourth-order valence-corrected chi connectivity index (χ4v) is 2.62. The second-order valence-corrected chi connectivity index (χ2v) is 4.96. The Hall–Kier alpha value is -1.76. The van der Waals surface area contributed by atoms with Crippen molar-refractivity contribution in [2.45, 2.75) is 18.7 Å². The van der Waals surface area contributed by atoms with E-state index in [1.807, 2.05) is 0 Å². The second kappa shape index (κ2) is 4.01. The molecule has 0 saturated heterocycles. The largest absolute Gasteiger partial charge is 0.398 e. The summed E-state index contributed by atoms with van der Waals surface area (Å²) in [6, 6.07) is 3.25. The Morgan fingerprint density at radius 3 is 2.31 bits per heavy atom. The number of nitrogen functional groups attached to an aromatic ring is 1. The van der Waals surface area contributed by atoms with Crippen molar-refractivity contribution in [3.63, 3.8) is 0 Å². The maximum absolute atomic E-state index is 11.8. The fourth-order valence-electron chi connectivity index (χ4n) is 1.34. The van der Waals surface area contributed by atoms with Crippen LogP contribution in [0.25, 0.3) is 0 Å². The predicted octanol–water partition coefficient (Wildman–Crippen LogP) is -0.152. The molecule has 1 aromatic carbocycles. The maximum atomic E-state index is 11.8. The minimum absolute atomic E-state index is 0.0408. The van der Waals surface area contributed by atoms with Crippen molar-refractivity contribution < 1.29 is 8.42 Å². The van der Waals surface area contributed by atoms with Gasteiger partial charge in [0.15, 0.2) is 0 Å². The van der Waals surface area contributed by atoms with Crippen LogP contribution in [0.1, 0.15) is 11.1 Å². The zero-order valence-corrected chi connectivity index (χ0v) is 9.88. The molecule has 0 bridgehead atoms. The molecule has 0 aliphatic carbocycles. The molecule has 0 radical (unpaired) electrons. The molecule has 0 aliphatic heterocycles. The third-order valence-corrected chi connectivity index (χ3v) is 3.70. The molecule has 0 spiro atoms. The highest BCUT2D eigenvalue weighted by molar-refractivity contribution is 7.90. The van der Waals surface area contributed by atoms with Gasteiger partial charge in [0.1, 0.15) is 4.90 Å². The van der Waals surface area contributed by atoms with Gasteiger partial charge in [-0.25, -0.2) is 0 Å². The zero-order chi connectivity index (χ0) is 12.5. The maximum Gasteiger partial charge on any atom is 0.287 e. The Bertz CT molecular complexity index is 545. The van der Waals surface area contributed by atoms with Crippen LogP contribution in [0.15, 0.2) is 21.4 Å². The summed E-state index contributed by atoms with van der Waals surface area (Å²) >= 11 is 0. The number of nitrogens with zero attached hydrogens (tertiary/aromatic N) is 1. The van der Waals surface area contributed by atoms with E-state index in [0.717, 1.165) is 5.56 Å². The molecular formula is C9H14N4O2S. The van der Waals surface area contributed by atoms with Crippen molar-refractivity contribution in [2.24, 2.45) is 15.9 Å². The molecule has 6 N–H and O–H groups in total. The molecule has 1 aromatic rings. The first kappa shape index (κ1) is 12.3. The van der Waals surface area contributed by atoms with Gasteiger partial charge < -0.3 is 17.2 Å². The van der Waals surface area contributed by atoms with Crippen LogP contribution in [0.3, 0.4) is 0 Å². The number of guanidine groups is 1. The molecule has 0 fully saturated rings. The van der Waals surface area contributed by atoms with E-state index in [4.69, 9.17) is 17.2 Å². The second-order valence-electron chi connectivity index (χ2n) is 3.42. The highest BCUT2D eigenvalue weighted by Crippen LogP contribution is 2.26. The van der Waals surface area contributed by atoms with Gasteiger partial charge in [0.2, 0.25) is 5.96 Å². The molecule has 88 valence electrons. The van der Waals surface area contributed by atoms with Gasteiger partial charge in [0.05, 0.1) is 5.69 Å². The van der Waals surface area contributed by atoms with Gasteiger partial charge in [-0.05, 0) is 31.0 Å². The number of sulfonamides is 1. The van der Waals surface area contributed by atoms with Crippen LogP contribution in [-0.4, -0.2) is 14.4 Å². The summed E-state index contributed by atoms with van der Waals surface area (Å²) in [5.74, 6) is -0.514. The normalized spacial score (nSPS) is 11.1. The van der Waals surface area contributed by atoms with Crippen LogP contribution >= 0.6 is 0 Å². The molecule has 6 nitrogen and oxygen atoms in total. The Labute approximate surface area is 94.2 Å². The van der Waals surface area contributed by atoms with Crippen molar-refractivity contribution in [2.75, 3.05) is 5.73 Å². The highest BCUT2D eigenvalue weighted by atomic mass is 32.2. The smallest absolute Gasteiger partial charge is 0.287 e. The van der Waals surface area contributed by atoms with Crippen molar-refractivity contribution >= 4 is 21.7 Å². The SMILES string of the molecule is Cc1ccc(N)c(S(=O)(=O)N=C(N)N)c1C. The average Bonchev–Trinajstić information content (AvgIpc) is 2.09. The highest BCUT2D eigenvalue weighted by Gasteiger charge is 2.20. The van der Waals surface area contributed by atoms with Gasteiger partial charge in [-0.2, -0.15) is 8.42 Å². The Balaban J connectivity index is 3.57. The zero-order valence-electron chi connectivity index (χ0n) is 9.06. The van der Waals surface area contributed by atoms with Crippen LogP contribution in [0, 0.1) is 13.8 Å². The third kappa shape index (κ3) is 2.25. The summed E-state index contributed by atoms with van der Waals surface area (Å²) < 4.78 is 26.8. The number of rotatable bonds is 2. The molecule has 1 rings (SSSR count). The van der Waals surface area contributed by atoms with Crippen molar-refractivity contribution in [3.05, 3.63) is 23.3 Å². The molecule has 0 aliphatic rings. The molecule has 0 heterocycles. The molecule has 0 amide bonds. The number of hydrogen-bond acceptors (Lipinski definition) is 3. The summed E-state index contributed by atoms with van der Waals surface area (Å²) in [4.78, 5) is -0.0408. The van der Waals surface area contributed by atoms with Crippen LogP contribution in [0.4, 0.5) is 5.69 Å². The van der Waals surface area contributed by atoms with E-state index in [0.29, 0.717) is 5.56 Å². The monoisotopic (exact) mass is 242 g/mol. The predicted molar refractivity (Wildman–Crippen MR) is 63.3 cm³/mol. The van der Waals surface area contributed by atoms with E-state index >= 15 is 0 Å². The van der Waals surface area contributed by atoms with Crippen molar-refractivity contribution in [1.29, 1.82) is 0 Å². The summed E-state index contributed by atoms with van der Waals surface area (Å²) in [5.41, 5.74) is 17.2. The topological polar surface area (TPSA) is 125 Å². The van der Waals surface area contributed by atoms with Gasteiger partial charge >= 0.3 is 0 Å². The molecular weight excluding hydrogens is 228 g/mol. The van der Waals surface area contributed by atoms with E-state index in [-0.39, 0.29) is 10.6 Å². The Kier molecular flexibility index (Phi) is 3.09. The molecule has 16 heavy (non-hydrogen) atoms. The number of anilines is 1. The minimum Gasteiger partial charge on any atom is -0.398 e. The van der Waals surface area contributed by atoms with E-state index in [1.165, 1.54) is 6.07 Å². The lowest BCUT2D eigenvalue weighted by atomic mass is 10.1. The number of aryl methyl sites for hydroxylation is 1. The van der Waals surface area contributed by atoms with E-state index < -0.39 is 16.0 Å². The van der Waals surface area contributed by atoms with Gasteiger partial charge in [0, 0.05) is 0 Å². The molecule has 0 unspecified atom stereocenters. The van der Waals surface area contributed by atoms with Gasteiger partial charge in [-0.15, -0.1) is 4.40 Å². The fraction of sp³-hybridized carbons (Fsp3) is 0.222. The first-order valence-corrected chi connectivity index (χ1v) is 5.91. The first-order valence-electron chi connectivity index (χ1n) is 4.47. The van der Waals surface area contributed by atoms with Gasteiger partial charge in [0.25, 0.3) is 10.0 Å². The molecule has 7 heteroatoms. The number of benzene rings is 1. The number of nitrogens with two attached hydrogens (primary N) is 3. The van der Waals surface area contributed by atoms with E-state index in [2.05, 4.69) is 4.40 Å². The van der Waals surface area contributed by atoms with Crippen LogP contribution in [-0.2, 0) is 10.0 Å². The van der Waals surface area contributed by atoms with Crippen LogP contribution < -0.4 is 17.2 Å². The molecule has 0 atom stereocenters. The minimum atomic E-state index is -3.93. The summed E-state index contributed by atoms with van der Waals surface area (Å²) in [6.45, 7) is 3.43. The van der Waals surface area contributed by atoms with Crippen molar-refractivity contribution in [1.82, 2.24) is 0 Å². The standard InChI is InChI=1S/C9H14N4O2S/c1-5-3-4-7(10)8(6(5)2)16(14,15)13-9(11)12/h3-4H,10H2,1-2H3,(H4,11,12,13). The van der Waals surface area contributed by atoms with Crippen molar-refractivity contribution in [3.8, 4) is 0 Å². The van der Waals surface area contributed by atoms with Gasteiger partial charge in [-0.1, -0.05) is 6.07 Å². The Morgan fingerprint density at radius 2 is 1.81 bits per heavy atom. The van der Waals surface area contributed by atoms with Crippen LogP contribution in [0.2, 0.25) is 0 Å². The lowest BCUT2D eigenvalue weighted by Gasteiger charge is -2.09. The number of hydrogen-bond donors (Lipinski definition) is 3. The molecule has 0 aromatic heterocycles.